The molecule has 0 bridgehead atoms. The average molecular weight is 253 g/mol. The van der Waals surface area contributed by atoms with E-state index in [4.69, 9.17) is 0 Å². The summed E-state index contributed by atoms with van der Waals surface area (Å²) in [4.78, 5) is 15.9. The van der Waals surface area contributed by atoms with Crippen molar-refractivity contribution in [1.82, 2.24) is 19.9 Å². The van der Waals surface area contributed by atoms with Gasteiger partial charge >= 0.3 is 0 Å². The summed E-state index contributed by atoms with van der Waals surface area (Å²) in [5.74, 6) is 0.654. The minimum atomic E-state index is 0.326. The van der Waals surface area contributed by atoms with Crippen molar-refractivity contribution in [1.29, 1.82) is 0 Å². The number of hydrogen-bond acceptors (Lipinski definition) is 4. The van der Waals surface area contributed by atoms with Gasteiger partial charge in [-0.1, -0.05) is 6.07 Å². The number of H-pyrrole nitrogens is 1. The molecule has 1 aromatic carbocycles. The molecule has 0 radical (unpaired) electrons. The Morgan fingerprint density at radius 2 is 1.84 bits per heavy atom. The van der Waals surface area contributed by atoms with Crippen LogP contribution in [-0.2, 0) is 0 Å². The Morgan fingerprint density at radius 1 is 1.05 bits per heavy atom. The molecule has 2 N–H and O–H groups in total. The van der Waals surface area contributed by atoms with Crippen LogP contribution in [0.2, 0.25) is 0 Å². The van der Waals surface area contributed by atoms with Gasteiger partial charge in [-0.25, -0.2) is 15.0 Å². The fraction of sp³-hybridized carbons (Fsp3) is 0.214. The molecule has 19 heavy (non-hydrogen) atoms. The standard InChI is InChI=1S/C14H15N5/c1-9(2)19-14-15-6-11(7-16-14)10-3-4-12-13(5-10)18-8-17-12/h3-9H,1-2H3,(H,17,18)(H,15,16,19). The lowest BCUT2D eigenvalue weighted by Gasteiger charge is -2.08. The normalized spacial score (nSPS) is 11.1. The van der Waals surface area contributed by atoms with Gasteiger partial charge < -0.3 is 10.3 Å². The maximum atomic E-state index is 4.31. The third kappa shape index (κ3) is 2.40. The number of nitrogens with one attached hydrogen (secondary N) is 2. The molecule has 2 aromatic heterocycles. The molecule has 2 heterocycles. The Morgan fingerprint density at radius 3 is 2.58 bits per heavy atom. The molecule has 96 valence electrons. The number of aromatic nitrogens is 4. The first-order chi connectivity index (χ1) is 9.22. The Kier molecular flexibility index (Phi) is 2.87. The van der Waals surface area contributed by atoms with Crippen LogP contribution in [0.15, 0.2) is 36.9 Å². The topological polar surface area (TPSA) is 66.5 Å². The number of imidazole rings is 1. The second-order valence-corrected chi connectivity index (χ2v) is 4.73. The van der Waals surface area contributed by atoms with E-state index in [0.717, 1.165) is 22.2 Å². The van der Waals surface area contributed by atoms with E-state index in [1.807, 2.05) is 24.5 Å². The first kappa shape index (κ1) is 11.6. The first-order valence-corrected chi connectivity index (χ1v) is 6.24. The van der Waals surface area contributed by atoms with E-state index in [2.05, 4.69) is 45.2 Å². The molecule has 0 amide bonds. The van der Waals surface area contributed by atoms with E-state index in [1.165, 1.54) is 0 Å². The molecule has 0 atom stereocenters. The minimum absolute atomic E-state index is 0.326. The van der Waals surface area contributed by atoms with E-state index in [0.29, 0.717) is 12.0 Å². The van der Waals surface area contributed by atoms with Gasteiger partial charge in [0.25, 0.3) is 0 Å². The Labute approximate surface area is 111 Å². The molecule has 0 aliphatic rings. The number of fused-ring (bicyclic) bond motifs is 1. The second kappa shape index (κ2) is 4.68. The van der Waals surface area contributed by atoms with Crippen LogP contribution in [0.3, 0.4) is 0 Å². The zero-order chi connectivity index (χ0) is 13.2. The molecule has 3 aromatic rings. The Balaban J connectivity index is 1.92. The summed E-state index contributed by atoms with van der Waals surface area (Å²) in [6.45, 7) is 4.12. The van der Waals surface area contributed by atoms with Crippen LogP contribution in [-0.4, -0.2) is 26.0 Å². The summed E-state index contributed by atoms with van der Waals surface area (Å²) < 4.78 is 0. The highest BCUT2D eigenvalue weighted by Crippen LogP contribution is 2.21. The SMILES string of the molecule is CC(C)Nc1ncc(-c2ccc3nc[nH]c3c2)cn1. The van der Waals surface area contributed by atoms with Crippen molar-refractivity contribution in [3.8, 4) is 11.1 Å². The number of anilines is 1. The minimum Gasteiger partial charge on any atom is -0.352 e. The van der Waals surface area contributed by atoms with Crippen LogP contribution in [0.25, 0.3) is 22.2 Å². The predicted molar refractivity (Wildman–Crippen MR) is 75.9 cm³/mol. The first-order valence-electron chi connectivity index (χ1n) is 6.24. The van der Waals surface area contributed by atoms with Gasteiger partial charge in [-0.15, -0.1) is 0 Å². The molecule has 0 spiro atoms. The maximum absolute atomic E-state index is 4.31. The van der Waals surface area contributed by atoms with Gasteiger partial charge in [-0.05, 0) is 31.5 Å². The number of hydrogen-bond donors (Lipinski definition) is 2. The summed E-state index contributed by atoms with van der Waals surface area (Å²) in [6.07, 6.45) is 5.35. The van der Waals surface area contributed by atoms with Crippen molar-refractivity contribution in [2.45, 2.75) is 19.9 Å². The van der Waals surface area contributed by atoms with Crippen LogP contribution in [0.5, 0.6) is 0 Å². The maximum Gasteiger partial charge on any atom is 0.222 e. The molecular weight excluding hydrogens is 238 g/mol. The second-order valence-electron chi connectivity index (χ2n) is 4.73. The quantitative estimate of drug-likeness (QED) is 0.753. The van der Waals surface area contributed by atoms with Gasteiger partial charge in [0, 0.05) is 24.0 Å². The molecule has 0 saturated heterocycles. The molecule has 0 fully saturated rings. The number of rotatable bonds is 3. The molecule has 0 aliphatic heterocycles. The molecule has 0 aliphatic carbocycles. The van der Waals surface area contributed by atoms with Crippen molar-refractivity contribution < 1.29 is 0 Å². The van der Waals surface area contributed by atoms with Crippen molar-refractivity contribution in [3.05, 3.63) is 36.9 Å². The van der Waals surface area contributed by atoms with Crippen LogP contribution >= 0.6 is 0 Å². The van der Waals surface area contributed by atoms with E-state index in [1.54, 1.807) is 6.33 Å². The predicted octanol–water partition coefficient (Wildman–Crippen LogP) is 2.84. The summed E-state index contributed by atoms with van der Waals surface area (Å²) in [6, 6.07) is 6.39. The van der Waals surface area contributed by atoms with Crippen molar-refractivity contribution in [2.75, 3.05) is 5.32 Å². The van der Waals surface area contributed by atoms with E-state index >= 15 is 0 Å². The van der Waals surface area contributed by atoms with Crippen LogP contribution in [0.1, 0.15) is 13.8 Å². The van der Waals surface area contributed by atoms with Crippen LogP contribution in [0.4, 0.5) is 5.95 Å². The zero-order valence-corrected chi connectivity index (χ0v) is 10.9. The van der Waals surface area contributed by atoms with Crippen molar-refractivity contribution in [3.63, 3.8) is 0 Å². The lowest BCUT2D eigenvalue weighted by atomic mass is 10.1. The summed E-state index contributed by atoms with van der Waals surface area (Å²) in [7, 11) is 0. The van der Waals surface area contributed by atoms with Gasteiger partial charge in [-0.2, -0.15) is 0 Å². The van der Waals surface area contributed by atoms with Gasteiger partial charge in [0.2, 0.25) is 5.95 Å². The molecule has 3 rings (SSSR count). The lowest BCUT2D eigenvalue weighted by molar-refractivity contribution is 0.874. The highest BCUT2D eigenvalue weighted by atomic mass is 15.1. The number of aromatic amines is 1. The van der Waals surface area contributed by atoms with Gasteiger partial charge in [0.1, 0.15) is 0 Å². The number of benzene rings is 1. The summed E-state index contributed by atoms with van der Waals surface area (Å²) >= 11 is 0. The largest absolute Gasteiger partial charge is 0.352 e. The third-order valence-electron chi connectivity index (χ3n) is 2.82. The van der Waals surface area contributed by atoms with E-state index in [-0.39, 0.29) is 0 Å². The molecule has 5 nitrogen and oxygen atoms in total. The van der Waals surface area contributed by atoms with Crippen molar-refractivity contribution >= 4 is 17.0 Å². The molecule has 0 unspecified atom stereocenters. The van der Waals surface area contributed by atoms with Crippen molar-refractivity contribution in [2.24, 2.45) is 0 Å². The Hall–Kier alpha value is -2.43. The summed E-state index contributed by atoms with van der Waals surface area (Å²) in [5, 5.41) is 3.17. The van der Waals surface area contributed by atoms with Gasteiger partial charge in [0.05, 0.1) is 17.4 Å². The fourth-order valence-corrected chi connectivity index (χ4v) is 1.92. The molecule has 0 saturated carbocycles. The number of nitrogens with zero attached hydrogens (tertiary/aromatic N) is 3. The molecule has 5 heteroatoms. The lowest BCUT2D eigenvalue weighted by Crippen LogP contribution is -2.12. The van der Waals surface area contributed by atoms with Crippen LogP contribution < -0.4 is 5.32 Å². The third-order valence-corrected chi connectivity index (χ3v) is 2.82. The van der Waals surface area contributed by atoms with E-state index < -0.39 is 0 Å². The average Bonchev–Trinajstić information content (AvgIpc) is 2.86. The highest BCUT2D eigenvalue weighted by Gasteiger charge is 2.03. The zero-order valence-electron chi connectivity index (χ0n) is 10.9. The Bertz CT molecular complexity index is 684. The smallest absolute Gasteiger partial charge is 0.222 e. The van der Waals surface area contributed by atoms with Gasteiger partial charge in [-0.3, -0.25) is 0 Å². The van der Waals surface area contributed by atoms with Gasteiger partial charge in [0.15, 0.2) is 0 Å². The van der Waals surface area contributed by atoms with E-state index in [9.17, 15) is 0 Å². The fourth-order valence-electron chi connectivity index (χ4n) is 1.92. The monoisotopic (exact) mass is 253 g/mol. The summed E-state index contributed by atoms with van der Waals surface area (Å²) in [5.41, 5.74) is 4.04. The van der Waals surface area contributed by atoms with Crippen LogP contribution in [0, 0.1) is 0 Å². The highest BCUT2D eigenvalue weighted by molar-refractivity contribution is 5.81. The molecular formula is C14H15N5.